The molecule has 1 saturated heterocycles. The fourth-order valence-electron chi connectivity index (χ4n) is 2.99. The van der Waals surface area contributed by atoms with Crippen molar-refractivity contribution in [2.75, 3.05) is 19.6 Å². The monoisotopic (exact) mass is 392 g/mol. The Labute approximate surface area is 167 Å². The third kappa shape index (κ3) is 6.12. The first kappa shape index (κ1) is 22.0. The van der Waals surface area contributed by atoms with Crippen LogP contribution in [0.15, 0.2) is 30.3 Å². The van der Waals surface area contributed by atoms with Gasteiger partial charge in [0.05, 0.1) is 6.04 Å². The molecule has 0 aliphatic carbocycles. The van der Waals surface area contributed by atoms with E-state index in [0.29, 0.717) is 12.1 Å². The van der Waals surface area contributed by atoms with E-state index in [-0.39, 0.29) is 13.1 Å². The Morgan fingerprint density at radius 1 is 0.964 bits per heavy atom. The molecule has 1 aromatic rings. The van der Waals surface area contributed by atoms with Gasteiger partial charge in [0.2, 0.25) is 0 Å². The normalized spacial score (nSPS) is 19.2. The summed E-state index contributed by atoms with van der Waals surface area (Å²) in [6.45, 7) is 11.5. The van der Waals surface area contributed by atoms with Crippen LogP contribution >= 0.6 is 0 Å². The molecule has 7 heteroatoms. The lowest BCUT2D eigenvalue weighted by Crippen LogP contribution is -2.59. The van der Waals surface area contributed by atoms with Crippen LogP contribution in [0, 0.1) is 0 Å². The first-order chi connectivity index (χ1) is 12.9. The SMILES string of the molecule is CC(C)(C)OC(=O)N1CCN(C(=O)OC(C)(C)C)C([C@H](O)c2ccccc2)C1. The highest BCUT2D eigenvalue weighted by Gasteiger charge is 2.40. The molecule has 1 aliphatic rings. The summed E-state index contributed by atoms with van der Waals surface area (Å²) in [5.41, 5.74) is -0.596. The van der Waals surface area contributed by atoms with Gasteiger partial charge >= 0.3 is 12.2 Å². The maximum absolute atomic E-state index is 12.7. The summed E-state index contributed by atoms with van der Waals surface area (Å²) in [4.78, 5) is 28.3. The van der Waals surface area contributed by atoms with Crippen molar-refractivity contribution in [2.45, 2.75) is 64.9 Å². The molecule has 7 nitrogen and oxygen atoms in total. The van der Waals surface area contributed by atoms with Crippen molar-refractivity contribution in [1.29, 1.82) is 0 Å². The zero-order valence-corrected chi connectivity index (χ0v) is 17.6. The van der Waals surface area contributed by atoms with Crippen molar-refractivity contribution in [3.05, 3.63) is 35.9 Å². The Hall–Kier alpha value is -2.28. The third-order valence-corrected chi connectivity index (χ3v) is 4.20. The van der Waals surface area contributed by atoms with Crippen LogP contribution < -0.4 is 0 Å². The molecule has 1 unspecified atom stereocenters. The molecule has 156 valence electrons. The maximum Gasteiger partial charge on any atom is 0.410 e. The highest BCUT2D eigenvalue weighted by Crippen LogP contribution is 2.27. The lowest BCUT2D eigenvalue weighted by Gasteiger charge is -2.43. The van der Waals surface area contributed by atoms with Gasteiger partial charge in [-0.05, 0) is 47.1 Å². The summed E-state index contributed by atoms with van der Waals surface area (Å²) in [6, 6.07) is 8.46. The number of piperazine rings is 1. The third-order valence-electron chi connectivity index (χ3n) is 4.20. The van der Waals surface area contributed by atoms with E-state index in [2.05, 4.69) is 0 Å². The number of ether oxygens (including phenoxy) is 2. The average molecular weight is 392 g/mol. The van der Waals surface area contributed by atoms with E-state index in [0.717, 1.165) is 0 Å². The Balaban J connectivity index is 2.24. The van der Waals surface area contributed by atoms with Crippen LogP contribution in [-0.2, 0) is 9.47 Å². The van der Waals surface area contributed by atoms with Crippen LogP contribution in [0.2, 0.25) is 0 Å². The first-order valence-electron chi connectivity index (χ1n) is 9.58. The van der Waals surface area contributed by atoms with E-state index >= 15 is 0 Å². The molecular formula is C21H32N2O5. The van der Waals surface area contributed by atoms with Gasteiger partial charge in [-0.15, -0.1) is 0 Å². The second-order valence-corrected chi connectivity index (χ2v) is 9.02. The van der Waals surface area contributed by atoms with E-state index in [1.165, 1.54) is 9.80 Å². The summed E-state index contributed by atoms with van der Waals surface area (Å²) < 4.78 is 11.0. The van der Waals surface area contributed by atoms with Gasteiger partial charge in [-0.2, -0.15) is 0 Å². The minimum Gasteiger partial charge on any atom is -0.444 e. The van der Waals surface area contributed by atoms with Gasteiger partial charge in [0.15, 0.2) is 0 Å². The first-order valence-corrected chi connectivity index (χ1v) is 9.58. The molecule has 1 heterocycles. The predicted octanol–water partition coefficient (Wildman–Crippen LogP) is 3.58. The Bertz CT molecular complexity index is 678. The minimum absolute atomic E-state index is 0.157. The lowest BCUT2D eigenvalue weighted by molar-refractivity contribution is -0.0401. The summed E-state index contributed by atoms with van der Waals surface area (Å²) in [5.74, 6) is 0. The maximum atomic E-state index is 12.7. The zero-order chi connectivity index (χ0) is 21.1. The van der Waals surface area contributed by atoms with E-state index in [1.807, 2.05) is 18.2 Å². The number of carbonyl (C=O) groups is 2. The van der Waals surface area contributed by atoms with Crippen molar-refractivity contribution in [2.24, 2.45) is 0 Å². The van der Waals surface area contributed by atoms with Crippen LogP contribution in [0.3, 0.4) is 0 Å². The number of nitrogens with zero attached hydrogens (tertiary/aromatic N) is 2. The van der Waals surface area contributed by atoms with Crippen LogP contribution in [-0.4, -0.2) is 64.0 Å². The van der Waals surface area contributed by atoms with Gasteiger partial charge in [0.25, 0.3) is 0 Å². The Morgan fingerprint density at radius 2 is 1.50 bits per heavy atom. The fourth-order valence-corrected chi connectivity index (χ4v) is 2.99. The lowest BCUT2D eigenvalue weighted by atomic mass is 9.99. The Morgan fingerprint density at radius 3 is 2.04 bits per heavy atom. The zero-order valence-electron chi connectivity index (χ0n) is 17.6. The molecule has 0 radical (unpaired) electrons. The van der Waals surface area contributed by atoms with Gasteiger partial charge in [0, 0.05) is 19.6 Å². The summed E-state index contributed by atoms with van der Waals surface area (Å²) in [6.07, 6.45) is -1.92. The van der Waals surface area contributed by atoms with Gasteiger partial charge < -0.3 is 19.5 Å². The molecule has 1 N–H and O–H groups in total. The highest BCUT2D eigenvalue weighted by atomic mass is 16.6. The summed E-state index contributed by atoms with van der Waals surface area (Å²) in [5, 5.41) is 11.0. The minimum atomic E-state index is -0.959. The average Bonchev–Trinajstić information content (AvgIpc) is 2.58. The van der Waals surface area contributed by atoms with Crippen LogP contribution in [0.5, 0.6) is 0 Å². The molecule has 0 aromatic heterocycles. The highest BCUT2D eigenvalue weighted by molar-refractivity contribution is 5.71. The van der Waals surface area contributed by atoms with E-state index in [4.69, 9.17) is 9.47 Å². The number of hydrogen-bond acceptors (Lipinski definition) is 5. The van der Waals surface area contributed by atoms with Crippen LogP contribution in [0.4, 0.5) is 9.59 Å². The molecular weight excluding hydrogens is 360 g/mol. The molecule has 2 rings (SSSR count). The van der Waals surface area contributed by atoms with Gasteiger partial charge in [-0.25, -0.2) is 9.59 Å². The number of aliphatic hydroxyl groups excluding tert-OH is 1. The summed E-state index contributed by atoms with van der Waals surface area (Å²) in [7, 11) is 0. The van der Waals surface area contributed by atoms with E-state index in [9.17, 15) is 14.7 Å². The molecule has 0 saturated carbocycles. The number of hydrogen-bond donors (Lipinski definition) is 1. The van der Waals surface area contributed by atoms with Crippen molar-refractivity contribution in [3.8, 4) is 0 Å². The molecule has 2 amide bonds. The molecule has 1 aliphatic heterocycles. The number of amides is 2. The second-order valence-electron chi connectivity index (χ2n) is 9.02. The quantitative estimate of drug-likeness (QED) is 0.832. The fraction of sp³-hybridized carbons (Fsp3) is 0.619. The van der Waals surface area contributed by atoms with E-state index in [1.54, 1.807) is 53.7 Å². The topological polar surface area (TPSA) is 79.3 Å². The van der Waals surface area contributed by atoms with Gasteiger partial charge in [-0.1, -0.05) is 30.3 Å². The molecule has 1 fully saturated rings. The summed E-state index contributed by atoms with van der Waals surface area (Å²) >= 11 is 0. The predicted molar refractivity (Wildman–Crippen MR) is 106 cm³/mol. The van der Waals surface area contributed by atoms with Crippen molar-refractivity contribution >= 4 is 12.2 Å². The smallest absolute Gasteiger partial charge is 0.410 e. The van der Waals surface area contributed by atoms with Crippen LogP contribution in [0.1, 0.15) is 53.2 Å². The number of carbonyl (C=O) groups excluding carboxylic acids is 2. The number of rotatable bonds is 2. The van der Waals surface area contributed by atoms with Crippen molar-refractivity contribution < 1.29 is 24.2 Å². The molecule has 1 aromatic carbocycles. The molecule has 28 heavy (non-hydrogen) atoms. The second kappa shape index (κ2) is 8.39. The van der Waals surface area contributed by atoms with Crippen molar-refractivity contribution in [3.63, 3.8) is 0 Å². The standard InChI is InChI=1S/C21H32N2O5/c1-20(2,3)27-18(25)22-12-13-23(19(26)28-21(4,5)6)16(14-22)17(24)15-10-8-7-9-11-15/h7-11,16-17,24H,12-14H2,1-6H3/t16?,17-/m1/s1. The number of aliphatic hydroxyl groups is 1. The van der Waals surface area contributed by atoms with E-state index < -0.39 is 35.5 Å². The van der Waals surface area contributed by atoms with Gasteiger partial charge in [-0.3, -0.25) is 4.90 Å². The Kier molecular flexibility index (Phi) is 6.59. The van der Waals surface area contributed by atoms with Crippen molar-refractivity contribution in [1.82, 2.24) is 9.80 Å². The molecule has 0 spiro atoms. The number of benzene rings is 1. The van der Waals surface area contributed by atoms with Crippen LogP contribution in [0.25, 0.3) is 0 Å². The molecule has 0 bridgehead atoms. The van der Waals surface area contributed by atoms with Gasteiger partial charge in [0.1, 0.15) is 17.3 Å². The molecule has 2 atom stereocenters. The largest absolute Gasteiger partial charge is 0.444 e.